The molecule has 2 rings (SSSR count). The van der Waals surface area contributed by atoms with E-state index in [0.29, 0.717) is 5.92 Å². The zero-order chi connectivity index (χ0) is 9.26. The Labute approximate surface area is 78.7 Å². The third-order valence-corrected chi connectivity index (χ3v) is 2.28. The summed E-state index contributed by atoms with van der Waals surface area (Å²) in [6.45, 7) is 4.25. The van der Waals surface area contributed by atoms with Crippen molar-refractivity contribution in [3.8, 4) is 0 Å². The molecule has 13 heavy (non-hydrogen) atoms. The predicted molar refractivity (Wildman–Crippen MR) is 53.5 cm³/mol. The molecule has 0 spiro atoms. The van der Waals surface area contributed by atoms with Crippen molar-refractivity contribution in [1.82, 2.24) is 9.97 Å². The molecule has 0 aliphatic heterocycles. The van der Waals surface area contributed by atoms with E-state index in [-0.39, 0.29) is 0 Å². The molecule has 1 aliphatic rings. The first-order valence-electron chi connectivity index (χ1n) is 4.79. The summed E-state index contributed by atoms with van der Waals surface area (Å²) in [5.74, 6) is 1.39. The normalized spacial score (nSPS) is 14.7. The third kappa shape index (κ3) is 1.62. The minimum atomic E-state index is 0.427. The fourth-order valence-corrected chi connectivity index (χ4v) is 1.49. The maximum absolute atomic E-state index is 4.55. The van der Waals surface area contributed by atoms with Crippen LogP contribution in [0.15, 0.2) is 12.3 Å². The summed E-state index contributed by atoms with van der Waals surface area (Å²) in [6, 6.07) is 0. The van der Waals surface area contributed by atoms with Crippen LogP contribution in [0.25, 0.3) is 6.08 Å². The molecule has 1 heterocycles. The minimum Gasteiger partial charge on any atom is -0.240 e. The van der Waals surface area contributed by atoms with E-state index >= 15 is 0 Å². The first kappa shape index (κ1) is 8.42. The standard InChI is InChI=1S/C11H14N2/c1-8(2)11-12-7-9-5-3-4-6-10(9)13-11/h3,5,7-8H,4,6H2,1-2H3. The lowest BCUT2D eigenvalue weighted by atomic mass is 10.0. The average Bonchev–Trinajstić information content (AvgIpc) is 2.17. The molecule has 1 aliphatic carbocycles. The summed E-state index contributed by atoms with van der Waals surface area (Å²) in [4.78, 5) is 8.88. The van der Waals surface area contributed by atoms with Gasteiger partial charge in [0.2, 0.25) is 0 Å². The molecule has 2 heteroatoms. The van der Waals surface area contributed by atoms with Gasteiger partial charge in [-0.25, -0.2) is 9.97 Å². The molecule has 1 aromatic rings. The summed E-state index contributed by atoms with van der Waals surface area (Å²) in [5.41, 5.74) is 2.40. The van der Waals surface area contributed by atoms with Crippen LogP contribution in [0.3, 0.4) is 0 Å². The van der Waals surface area contributed by atoms with E-state index in [0.717, 1.165) is 18.7 Å². The summed E-state index contributed by atoms with van der Waals surface area (Å²) in [5, 5.41) is 0. The third-order valence-electron chi connectivity index (χ3n) is 2.28. The molecule has 0 fully saturated rings. The molecule has 0 N–H and O–H groups in total. The highest BCUT2D eigenvalue weighted by molar-refractivity contribution is 5.52. The van der Waals surface area contributed by atoms with Crippen LogP contribution < -0.4 is 0 Å². The Morgan fingerprint density at radius 2 is 2.23 bits per heavy atom. The number of rotatable bonds is 1. The van der Waals surface area contributed by atoms with E-state index in [2.05, 4.69) is 36.0 Å². The van der Waals surface area contributed by atoms with Crippen molar-refractivity contribution in [2.45, 2.75) is 32.6 Å². The molecular formula is C11H14N2. The SMILES string of the molecule is CC(C)c1ncc2c(n1)CCC=C2. The quantitative estimate of drug-likeness (QED) is 0.654. The second-order valence-electron chi connectivity index (χ2n) is 3.73. The van der Waals surface area contributed by atoms with E-state index in [4.69, 9.17) is 0 Å². The Morgan fingerprint density at radius 3 is 3.00 bits per heavy atom. The number of aryl methyl sites for hydroxylation is 1. The number of aromatic nitrogens is 2. The Morgan fingerprint density at radius 1 is 1.38 bits per heavy atom. The number of allylic oxidation sites excluding steroid dienone is 1. The van der Waals surface area contributed by atoms with Gasteiger partial charge in [0, 0.05) is 17.7 Å². The van der Waals surface area contributed by atoms with E-state index in [1.165, 1.54) is 11.3 Å². The van der Waals surface area contributed by atoms with Crippen LogP contribution in [0.5, 0.6) is 0 Å². The molecular weight excluding hydrogens is 160 g/mol. The minimum absolute atomic E-state index is 0.427. The molecule has 0 bridgehead atoms. The highest BCUT2D eigenvalue weighted by Crippen LogP contribution is 2.18. The zero-order valence-electron chi connectivity index (χ0n) is 8.12. The molecule has 2 nitrogen and oxygen atoms in total. The van der Waals surface area contributed by atoms with Crippen LogP contribution in [0.2, 0.25) is 0 Å². The highest BCUT2D eigenvalue weighted by atomic mass is 14.9. The maximum atomic E-state index is 4.55. The number of hydrogen-bond donors (Lipinski definition) is 0. The Balaban J connectivity index is 2.42. The summed E-state index contributed by atoms with van der Waals surface area (Å²) in [6.07, 6.45) is 8.41. The van der Waals surface area contributed by atoms with Gasteiger partial charge in [-0.1, -0.05) is 26.0 Å². The van der Waals surface area contributed by atoms with Gasteiger partial charge in [0.1, 0.15) is 5.82 Å². The average molecular weight is 174 g/mol. The lowest BCUT2D eigenvalue weighted by Gasteiger charge is -2.11. The largest absolute Gasteiger partial charge is 0.240 e. The molecule has 1 aromatic heterocycles. The van der Waals surface area contributed by atoms with Gasteiger partial charge in [-0.3, -0.25) is 0 Å². The Hall–Kier alpha value is -1.18. The maximum Gasteiger partial charge on any atom is 0.131 e. The van der Waals surface area contributed by atoms with Crippen LogP contribution >= 0.6 is 0 Å². The number of nitrogens with zero attached hydrogens (tertiary/aromatic N) is 2. The van der Waals surface area contributed by atoms with Gasteiger partial charge in [0.05, 0.1) is 5.69 Å². The van der Waals surface area contributed by atoms with Crippen LogP contribution in [0.4, 0.5) is 0 Å². The van der Waals surface area contributed by atoms with Crippen molar-refractivity contribution in [3.63, 3.8) is 0 Å². The summed E-state index contributed by atoms with van der Waals surface area (Å²) < 4.78 is 0. The topological polar surface area (TPSA) is 25.8 Å². The van der Waals surface area contributed by atoms with E-state index in [9.17, 15) is 0 Å². The van der Waals surface area contributed by atoms with Crippen molar-refractivity contribution in [2.24, 2.45) is 0 Å². The lowest BCUT2D eigenvalue weighted by molar-refractivity contribution is 0.749. The Kier molecular flexibility index (Phi) is 2.13. The first-order chi connectivity index (χ1) is 6.27. The van der Waals surface area contributed by atoms with Crippen molar-refractivity contribution in [1.29, 1.82) is 0 Å². The first-order valence-corrected chi connectivity index (χ1v) is 4.79. The molecule has 0 unspecified atom stereocenters. The van der Waals surface area contributed by atoms with Crippen molar-refractivity contribution >= 4 is 6.08 Å². The van der Waals surface area contributed by atoms with E-state index in [1.807, 2.05) is 6.20 Å². The number of fused-ring (bicyclic) bond motifs is 1. The molecule has 0 aromatic carbocycles. The van der Waals surface area contributed by atoms with Gasteiger partial charge in [0.25, 0.3) is 0 Å². The van der Waals surface area contributed by atoms with Gasteiger partial charge in [0.15, 0.2) is 0 Å². The van der Waals surface area contributed by atoms with Crippen LogP contribution in [0, 0.1) is 0 Å². The fraction of sp³-hybridized carbons (Fsp3) is 0.455. The van der Waals surface area contributed by atoms with E-state index in [1.54, 1.807) is 0 Å². The van der Waals surface area contributed by atoms with Crippen molar-refractivity contribution in [2.75, 3.05) is 0 Å². The molecule has 0 radical (unpaired) electrons. The predicted octanol–water partition coefficient (Wildman–Crippen LogP) is 2.56. The van der Waals surface area contributed by atoms with Gasteiger partial charge in [-0.2, -0.15) is 0 Å². The molecule has 0 atom stereocenters. The van der Waals surface area contributed by atoms with Crippen LogP contribution in [0.1, 0.15) is 43.3 Å². The zero-order valence-corrected chi connectivity index (χ0v) is 8.12. The smallest absolute Gasteiger partial charge is 0.131 e. The molecule has 0 saturated carbocycles. The summed E-state index contributed by atoms with van der Waals surface area (Å²) >= 11 is 0. The number of hydrogen-bond acceptors (Lipinski definition) is 2. The molecule has 0 saturated heterocycles. The second-order valence-corrected chi connectivity index (χ2v) is 3.73. The summed E-state index contributed by atoms with van der Waals surface area (Å²) in [7, 11) is 0. The molecule has 0 amide bonds. The van der Waals surface area contributed by atoms with Gasteiger partial charge in [-0.15, -0.1) is 0 Å². The van der Waals surface area contributed by atoms with Gasteiger partial charge in [-0.05, 0) is 12.8 Å². The highest BCUT2D eigenvalue weighted by Gasteiger charge is 2.09. The molecule has 68 valence electrons. The van der Waals surface area contributed by atoms with Gasteiger partial charge < -0.3 is 0 Å². The van der Waals surface area contributed by atoms with Gasteiger partial charge >= 0.3 is 0 Å². The monoisotopic (exact) mass is 174 g/mol. The lowest BCUT2D eigenvalue weighted by Crippen LogP contribution is -2.05. The fourth-order valence-electron chi connectivity index (χ4n) is 1.49. The van der Waals surface area contributed by atoms with Crippen molar-refractivity contribution < 1.29 is 0 Å². The second kappa shape index (κ2) is 3.29. The van der Waals surface area contributed by atoms with Crippen LogP contribution in [-0.2, 0) is 6.42 Å². The van der Waals surface area contributed by atoms with Crippen LogP contribution in [-0.4, -0.2) is 9.97 Å². The Bertz CT molecular complexity index is 340. The van der Waals surface area contributed by atoms with Crippen molar-refractivity contribution in [3.05, 3.63) is 29.4 Å². The van der Waals surface area contributed by atoms with E-state index < -0.39 is 0 Å².